The number of ether oxygens (including phenoxy) is 1. The molecule has 4 aromatic rings. The second-order valence-electron chi connectivity index (χ2n) is 9.85. The van der Waals surface area contributed by atoms with Gasteiger partial charge in [-0.05, 0) is 66.8 Å². The van der Waals surface area contributed by atoms with E-state index in [0.717, 1.165) is 47.0 Å². The molecule has 1 aromatic heterocycles. The van der Waals surface area contributed by atoms with E-state index in [0.29, 0.717) is 24.5 Å². The second kappa shape index (κ2) is 10.5. The number of carbonyl (C=O) groups is 1. The summed E-state index contributed by atoms with van der Waals surface area (Å²) in [4.78, 5) is 13.2. The van der Waals surface area contributed by atoms with Crippen LogP contribution in [0.15, 0.2) is 79.0 Å². The summed E-state index contributed by atoms with van der Waals surface area (Å²) >= 11 is 6.37. The van der Waals surface area contributed by atoms with Crippen molar-refractivity contribution >= 4 is 28.4 Å². The quantitative estimate of drug-likeness (QED) is 0.290. The van der Waals surface area contributed by atoms with Gasteiger partial charge < -0.3 is 14.6 Å². The number of para-hydroxylation sites is 1. The third-order valence-electron chi connectivity index (χ3n) is 7.06. The summed E-state index contributed by atoms with van der Waals surface area (Å²) in [5.74, 6) is -0.451. The number of rotatable bonds is 8. The van der Waals surface area contributed by atoms with Gasteiger partial charge in [-0.2, -0.15) is 0 Å². The van der Waals surface area contributed by atoms with Gasteiger partial charge in [-0.15, -0.1) is 0 Å². The Morgan fingerprint density at radius 2 is 1.94 bits per heavy atom. The lowest BCUT2D eigenvalue weighted by molar-refractivity contribution is -0.122. The highest BCUT2D eigenvalue weighted by molar-refractivity contribution is 6.30. The minimum Gasteiger partial charge on any atom is -0.373 e. The maximum atomic E-state index is 13.5. The van der Waals surface area contributed by atoms with Crippen LogP contribution >= 0.6 is 11.6 Å². The van der Waals surface area contributed by atoms with Gasteiger partial charge in [0.1, 0.15) is 5.82 Å². The van der Waals surface area contributed by atoms with E-state index >= 15 is 0 Å². The molecule has 1 N–H and O–H groups in total. The molecule has 1 saturated heterocycles. The third-order valence-corrected chi connectivity index (χ3v) is 7.30. The van der Waals surface area contributed by atoms with Crippen LogP contribution in [-0.2, 0) is 16.1 Å². The lowest BCUT2D eigenvalue weighted by atomic mass is 9.88. The fourth-order valence-electron chi connectivity index (χ4n) is 5.12. The standard InChI is InChI=1S/C30H30ClFN2O2/c1-30(14-5-15-36-30)20-33-29(35)17-26(22-6-4-7-23(31)16-22)27-19-34(28-9-3-2-8-25(27)28)18-21-10-12-24(32)13-11-21/h2-4,6-13,16,19,26H,5,14-15,17-18,20H2,1H3,(H,33,35)/t26-,30-/m0/s1. The van der Waals surface area contributed by atoms with Gasteiger partial charge >= 0.3 is 0 Å². The first-order chi connectivity index (χ1) is 17.4. The van der Waals surface area contributed by atoms with Crippen molar-refractivity contribution in [2.45, 2.75) is 44.2 Å². The molecule has 0 spiro atoms. The fraction of sp³-hybridized carbons (Fsp3) is 0.300. The second-order valence-corrected chi connectivity index (χ2v) is 10.3. The molecule has 4 nitrogen and oxygen atoms in total. The Morgan fingerprint density at radius 1 is 1.14 bits per heavy atom. The Labute approximate surface area is 216 Å². The molecule has 0 saturated carbocycles. The summed E-state index contributed by atoms with van der Waals surface area (Å²) in [6.07, 6.45) is 4.38. The summed E-state index contributed by atoms with van der Waals surface area (Å²) in [5.41, 5.74) is 3.83. The summed E-state index contributed by atoms with van der Waals surface area (Å²) in [5, 5.41) is 4.84. The molecule has 6 heteroatoms. The third kappa shape index (κ3) is 5.48. The van der Waals surface area contributed by atoms with Crippen LogP contribution in [0.5, 0.6) is 0 Å². The van der Waals surface area contributed by atoms with Crippen molar-refractivity contribution in [3.63, 3.8) is 0 Å². The van der Waals surface area contributed by atoms with Crippen LogP contribution < -0.4 is 5.32 Å². The highest BCUT2D eigenvalue weighted by Crippen LogP contribution is 2.36. The maximum Gasteiger partial charge on any atom is 0.221 e. The Morgan fingerprint density at radius 3 is 2.69 bits per heavy atom. The van der Waals surface area contributed by atoms with Crippen LogP contribution in [0.1, 0.15) is 48.8 Å². The number of halogens is 2. The molecule has 1 amide bonds. The van der Waals surface area contributed by atoms with Gasteiger partial charge in [-0.25, -0.2) is 4.39 Å². The molecule has 0 aliphatic carbocycles. The fourth-order valence-corrected chi connectivity index (χ4v) is 5.32. The zero-order valence-corrected chi connectivity index (χ0v) is 21.1. The van der Waals surface area contributed by atoms with Gasteiger partial charge in [0.05, 0.1) is 5.60 Å². The van der Waals surface area contributed by atoms with Gasteiger partial charge in [0, 0.05) is 54.2 Å². The molecule has 0 radical (unpaired) electrons. The lowest BCUT2D eigenvalue weighted by Crippen LogP contribution is -2.40. The predicted molar refractivity (Wildman–Crippen MR) is 142 cm³/mol. The highest BCUT2D eigenvalue weighted by atomic mass is 35.5. The molecule has 2 heterocycles. The number of nitrogens with one attached hydrogen (secondary N) is 1. The van der Waals surface area contributed by atoms with E-state index in [1.807, 2.05) is 36.4 Å². The minimum absolute atomic E-state index is 0.0212. The lowest BCUT2D eigenvalue weighted by Gasteiger charge is -2.24. The number of fused-ring (bicyclic) bond motifs is 1. The number of amides is 1. The smallest absolute Gasteiger partial charge is 0.221 e. The number of benzene rings is 3. The molecule has 1 aliphatic rings. The van der Waals surface area contributed by atoms with Gasteiger partial charge in [0.15, 0.2) is 0 Å². The Hall–Kier alpha value is -3.15. The summed E-state index contributed by atoms with van der Waals surface area (Å²) in [7, 11) is 0. The normalized spacial score (nSPS) is 18.4. The van der Waals surface area contributed by atoms with Gasteiger partial charge in [0.2, 0.25) is 5.91 Å². The molecule has 1 aliphatic heterocycles. The van der Waals surface area contributed by atoms with Crippen molar-refractivity contribution in [3.8, 4) is 0 Å². The van der Waals surface area contributed by atoms with E-state index < -0.39 is 0 Å². The topological polar surface area (TPSA) is 43.3 Å². The number of carbonyl (C=O) groups excluding carboxylic acids is 1. The van der Waals surface area contributed by atoms with E-state index in [-0.39, 0.29) is 23.2 Å². The molecule has 186 valence electrons. The first-order valence-electron chi connectivity index (χ1n) is 12.4. The highest BCUT2D eigenvalue weighted by Gasteiger charge is 2.31. The van der Waals surface area contributed by atoms with Crippen LogP contribution in [0.25, 0.3) is 10.9 Å². The first-order valence-corrected chi connectivity index (χ1v) is 12.8. The SMILES string of the molecule is C[C@@]1(CNC(=O)C[C@@H](c2cccc(Cl)c2)c2cn(Cc3ccc(F)cc3)c3ccccc23)CCCO1. The first kappa shape index (κ1) is 24.5. The average Bonchev–Trinajstić information content (AvgIpc) is 3.47. The largest absolute Gasteiger partial charge is 0.373 e. The van der Waals surface area contributed by atoms with Crippen LogP contribution in [0, 0.1) is 5.82 Å². The molecule has 2 atom stereocenters. The van der Waals surface area contributed by atoms with Crippen molar-refractivity contribution in [1.82, 2.24) is 9.88 Å². The van der Waals surface area contributed by atoms with E-state index in [1.54, 1.807) is 12.1 Å². The van der Waals surface area contributed by atoms with Crippen molar-refractivity contribution < 1.29 is 13.9 Å². The number of hydrogen-bond acceptors (Lipinski definition) is 2. The molecule has 5 rings (SSSR count). The van der Waals surface area contributed by atoms with Crippen LogP contribution in [-0.4, -0.2) is 29.2 Å². The summed E-state index contributed by atoms with van der Waals surface area (Å²) in [6.45, 7) is 3.90. The average molecular weight is 505 g/mol. The molecule has 36 heavy (non-hydrogen) atoms. The van der Waals surface area contributed by atoms with E-state index in [9.17, 15) is 9.18 Å². The minimum atomic E-state index is -0.299. The molecular weight excluding hydrogens is 475 g/mol. The summed E-state index contributed by atoms with van der Waals surface area (Å²) < 4.78 is 21.5. The van der Waals surface area contributed by atoms with E-state index in [1.165, 1.54) is 12.1 Å². The summed E-state index contributed by atoms with van der Waals surface area (Å²) in [6, 6.07) is 22.5. The Bertz CT molecular complexity index is 1360. The molecule has 1 fully saturated rings. The van der Waals surface area contributed by atoms with Crippen LogP contribution in [0.2, 0.25) is 5.02 Å². The van der Waals surface area contributed by atoms with Crippen molar-refractivity contribution in [3.05, 3.63) is 107 Å². The van der Waals surface area contributed by atoms with Crippen molar-refractivity contribution in [2.24, 2.45) is 0 Å². The number of hydrogen-bond donors (Lipinski definition) is 1. The number of aromatic nitrogens is 1. The van der Waals surface area contributed by atoms with E-state index in [2.05, 4.69) is 35.1 Å². The molecule has 3 aromatic carbocycles. The maximum absolute atomic E-state index is 13.5. The molecule has 0 unspecified atom stereocenters. The van der Waals surface area contributed by atoms with Gasteiger partial charge in [-0.3, -0.25) is 4.79 Å². The van der Waals surface area contributed by atoms with Gasteiger partial charge in [-0.1, -0.05) is 54.1 Å². The van der Waals surface area contributed by atoms with Crippen LogP contribution in [0.4, 0.5) is 4.39 Å². The Kier molecular flexibility index (Phi) is 7.13. The number of nitrogens with zero attached hydrogens (tertiary/aromatic N) is 1. The molecule has 0 bridgehead atoms. The molecular formula is C30H30ClFN2O2. The zero-order valence-electron chi connectivity index (χ0n) is 20.3. The van der Waals surface area contributed by atoms with E-state index in [4.69, 9.17) is 16.3 Å². The Balaban J connectivity index is 1.48. The van der Waals surface area contributed by atoms with Crippen molar-refractivity contribution in [2.75, 3.05) is 13.2 Å². The van der Waals surface area contributed by atoms with Crippen molar-refractivity contribution in [1.29, 1.82) is 0 Å². The zero-order chi connectivity index (χ0) is 25.1. The monoisotopic (exact) mass is 504 g/mol. The van der Waals surface area contributed by atoms with Crippen LogP contribution in [0.3, 0.4) is 0 Å². The van der Waals surface area contributed by atoms with Gasteiger partial charge in [0.25, 0.3) is 0 Å². The predicted octanol–water partition coefficient (Wildman–Crippen LogP) is 6.69.